The van der Waals surface area contributed by atoms with Crippen molar-refractivity contribution in [1.82, 2.24) is 10.2 Å². The van der Waals surface area contributed by atoms with Crippen molar-refractivity contribution in [1.29, 1.82) is 0 Å². The first-order chi connectivity index (χ1) is 7.19. The molecule has 6 nitrogen and oxygen atoms in total. The fraction of sp³-hybridized carbons (Fsp3) is 0.667. The van der Waals surface area contributed by atoms with Crippen LogP contribution in [0.4, 0.5) is 5.69 Å². The van der Waals surface area contributed by atoms with Crippen molar-refractivity contribution in [2.75, 3.05) is 6.54 Å². The molecule has 0 saturated heterocycles. The summed E-state index contributed by atoms with van der Waals surface area (Å²) in [7, 11) is 0. The Balaban J connectivity index is 2.34. The average Bonchev–Trinajstić information content (AvgIpc) is 2.59. The SMILES string of the molecule is NCCC1(c2[nH]ncc2[N+](=O)[O-])CCC1. The second kappa shape index (κ2) is 3.62. The van der Waals surface area contributed by atoms with Crippen molar-refractivity contribution in [3.63, 3.8) is 0 Å². The highest BCUT2D eigenvalue weighted by molar-refractivity contribution is 5.39. The molecular formula is C9H14N4O2. The second-order valence-corrected chi connectivity index (χ2v) is 4.06. The Kier molecular flexibility index (Phi) is 2.44. The smallest absolute Gasteiger partial charge is 0.310 e. The summed E-state index contributed by atoms with van der Waals surface area (Å²) in [5.41, 5.74) is 6.19. The Morgan fingerprint density at radius 1 is 1.67 bits per heavy atom. The largest absolute Gasteiger partial charge is 0.330 e. The van der Waals surface area contributed by atoms with Gasteiger partial charge in [-0.25, -0.2) is 0 Å². The summed E-state index contributed by atoms with van der Waals surface area (Å²) in [6, 6.07) is 0. The number of H-pyrrole nitrogens is 1. The third-order valence-corrected chi connectivity index (χ3v) is 3.28. The van der Waals surface area contributed by atoms with Crippen LogP contribution in [0, 0.1) is 10.1 Å². The number of nitrogens with one attached hydrogen (secondary N) is 1. The number of nitrogens with two attached hydrogens (primary N) is 1. The van der Waals surface area contributed by atoms with Crippen LogP contribution < -0.4 is 5.73 Å². The molecule has 1 aromatic rings. The molecule has 1 aromatic heterocycles. The highest BCUT2D eigenvalue weighted by atomic mass is 16.6. The van der Waals surface area contributed by atoms with Crippen LogP contribution in [0.25, 0.3) is 0 Å². The lowest BCUT2D eigenvalue weighted by Gasteiger charge is -2.40. The lowest BCUT2D eigenvalue weighted by Crippen LogP contribution is -2.37. The van der Waals surface area contributed by atoms with E-state index in [-0.39, 0.29) is 16.0 Å². The maximum atomic E-state index is 10.8. The van der Waals surface area contributed by atoms with Crippen molar-refractivity contribution in [2.24, 2.45) is 5.73 Å². The van der Waals surface area contributed by atoms with Gasteiger partial charge in [0.15, 0.2) is 0 Å². The standard InChI is InChI=1S/C9H14N4O2/c10-5-4-9(2-1-3-9)8-7(13(14)15)6-11-12-8/h6H,1-5,10H2,(H,11,12). The zero-order valence-electron chi connectivity index (χ0n) is 8.40. The van der Waals surface area contributed by atoms with E-state index in [2.05, 4.69) is 10.2 Å². The van der Waals surface area contributed by atoms with Gasteiger partial charge < -0.3 is 5.73 Å². The number of nitrogens with zero attached hydrogens (tertiary/aromatic N) is 2. The van der Waals surface area contributed by atoms with E-state index in [0.29, 0.717) is 12.2 Å². The Morgan fingerprint density at radius 3 is 2.87 bits per heavy atom. The Morgan fingerprint density at radius 2 is 2.40 bits per heavy atom. The topological polar surface area (TPSA) is 97.8 Å². The molecule has 0 aromatic carbocycles. The van der Waals surface area contributed by atoms with Gasteiger partial charge in [0.1, 0.15) is 11.9 Å². The van der Waals surface area contributed by atoms with E-state index in [1.54, 1.807) is 0 Å². The summed E-state index contributed by atoms with van der Waals surface area (Å²) in [6.07, 6.45) is 5.11. The molecule has 0 amide bonds. The molecule has 1 aliphatic carbocycles. The van der Waals surface area contributed by atoms with Crippen LogP contribution in [-0.2, 0) is 5.41 Å². The molecule has 0 aliphatic heterocycles. The van der Waals surface area contributed by atoms with Gasteiger partial charge in [0.25, 0.3) is 0 Å². The molecule has 1 aliphatic rings. The third-order valence-electron chi connectivity index (χ3n) is 3.28. The number of nitro groups is 1. The fourth-order valence-electron chi connectivity index (χ4n) is 2.31. The first-order valence-corrected chi connectivity index (χ1v) is 5.08. The highest BCUT2D eigenvalue weighted by Crippen LogP contribution is 2.47. The van der Waals surface area contributed by atoms with Gasteiger partial charge in [0, 0.05) is 5.41 Å². The number of hydrogen-bond donors (Lipinski definition) is 2. The summed E-state index contributed by atoms with van der Waals surface area (Å²) in [5, 5.41) is 17.3. The predicted octanol–water partition coefficient (Wildman–Crippen LogP) is 1.09. The molecule has 0 atom stereocenters. The van der Waals surface area contributed by atoms with Gasteiger partial charge in [-0.1, -0.05) is 6.42 Å². The van der Waals surface area contributed by atoms with Crippen LogP contribution in [0.1, 0.15) is 31.4 Å². The van der Waals surface area contributed by atoms with Crippen LogP contribution in [0.2, 0.25) is 0 Å². The molecule has 0 unspecified atom stereocenters. The summed E-state index contributed by atoms with van der Waals surface area (Å²) in [4.78, 5) is 10.4. The molecule has 1 fully saturated rings. The first kappa shape index (κ1) is 10.1. The van der Waals surface area contributed by atoms with E-state index < -0.39 is 0 Å². The molecule has 3 N–H and O–H groups in total. The van der Waals surface area contributed by atoms with Crippen LogP contribution >= 0.6 is 0 Å². The summed E-state index contributed by atoms with van der Waals surface area (Å²) >= 11 is 0. The Hall–Kier alpha value is -1.43. The monoisotopic (exact) mass is 210 g/mol. The molecule has 82 valence electrons. The molecule has 6 heteroatoms. The number of aromatic nitrogens is 2. The average molecular weight is 210 g/mol. The molecule has 1 saturated carbocycles. The van der Waals surface area contributed by atoms with E-state index >= 15 is 0 Å². The first-order valence-electron chi connectivity index (χ1n) is 5.08. The van der Waals surface area contributed by atoms with E-state index in [0.717, 1.165) is 25.7 Å². The van der Waals surface area contributed by atoms with E-state index in [4.69, 9.17) is 5.73 Å². The van der Waals surface area contributed by atoms with Gasteiger partial charge in [-0.05, 0) is 25.8 Å². The minimum atomic E-state index is -0.380. The van der Waals surface area contributed by atoms with Gasteiger partial charge in [-0.2, -0.15) is 5.10 Å². The van der Waals surface area contributed by atoms with Crippen LogP contribution in [-0.4, -0.2) is 21.7 Å². The van der Waals surface area contributed by atoms with Crippen LogP contribution in [0.5, 0.6) is 0 Å². The van der Waals surface area contributed by atoms with Gasteiger partial charge in [-0.3, -0.25) is 15.2 Å². The molecule has 1 heterocycles. The maximum Gasteiger partial charge on any atom is 0.310 e. The highest BCUT2D eigenvalue weighted by Gasteiger charge is 2.43. The minimum Gasteiger partial charge on any atom is -0.330 e. The lowest BCUT2D eigenvalue weighted by atomic mass is 9.64. The van der Waals surface area contributed by atoms with Gasteiger partial charge >= 0.3 is 5.69 Å². The normalized spacial score (nSPS) is 18.5. The number of hydrogen-bond acceptors (Lipinski definition) is 4. The maximum absolute atomic E-state index is 10.8. The minimum absolute atomic E-state index is 0.100. The zero-order valence-corrected chi connectivity index (χ0v) is 8.40. The van der Waals surface area contributed by atoms with Crippen LogP contribution in [0.3, 0.4) is 0 Å². The van der Waals surface area contributed by atoms with Gasteiger partial charge in [-0.15, -0.1) is 0 Å². The predicted molar refractivity (Wildman–Crippen MR) is 54.4 cm³/mol. The van der Waals surface area contributed by atoms with E-state index in [1.165, 1.54) is 6.20 Å². The van der Waals surface area contributed by atoms with E-state index in [1.807, 2.05) is 0 Å². The van der Waals surface area contributed by atoms with Crippen molar-refractivity contribution in [3.05, 3.63) is 22.0 Å². The van der Waals surface area contributed by atoms with Gasteiger partial charge in [0.05, 0.1) is 4.92 Å². The molecule has 2 rings (SSSR count). The van der Waals surface area contributed by atoms with Crippen molar-refractivity contribution < 1.29 is 4.92 Å². The van der Waals surface area contributed by atoms with Crippen molar-refractivity contribution >= 4 is 5.69 Å². The lowest BCUT2D eigenvalue weighted by molar-refractivity contribution is -0.386. The summed E-state index contributed by atoms with van der Waals surface area (Å²) in [5.74, 6) is 0. The van der Waals surface area contributed by atoms with Gasteiger partial charge in [0.2, 0.25) is 0 Å². The molecular weight excluding hydrogens is 196 g/mol. The van der Waals surface area contributed by atoms with Crippen molar-refractivity contribution in [2.45, 2.75) is 31.1 Å². The quantitative estimate of drug-likeness (QED) is 0.574. The summed E-state index contributed by atoms with van der Waals surface area (Å²) in [6.45, 7) is 0.552. The second-order valence-electron chi connectivity index (χ2n) is 4.06. The molecule has 0 spiro atoms. The fourth-order valence-corrected chi connectivity index (χ4v) is 2.31. The Labute approximate surface area is 87.0 Å². The summed E-state index contributed by atoms with van der Waals surface area (Å²) < 4.78 is 0. The third kappa shape index (κ3) is 1.50. The molecule has 15 heavy (non-hydrogen) atoms. The van der Waals surface area contributed by atoms with Crippen molar-refractivity contribution in [3.8, 4) is 0 Å². The molecule has 0 bridgehead atoms. The molecule has 0 radical (unpaired) electrons. The zero-order chi connectivity index (χ0) is 10.9. The van der Waals surface area contributed by atoms with E-state index in [9.17, 15) is 10.1 Å². The number of aromatic amines is 1. The van der Waals surface area contributed by atoms with Crippen LogP contribution in [0.15, 0.2) is 6.20 Å². The number of rotatable bonds is 4. The Bertz CT molecular complexity index is 370.